The van der Waals surface area contributed by atoms with Gasteiger partial charge in [-0.15, -0.1) is 0 Å². The molecule has 0 N–H and O–H groups in total. The number of carbonyl (C=O) groups is 1. The van der Waals surface area contributed by atoms with Gasteiger partial charge in [-0.25, -0.2) is 0 Å². The van der Waals surface area contributed by atoms with Crippen LogP contribution in [0.2, 0.25) is 0 Å². The molecule has 2 atom stereocenters. The maximum Gasteiger partial charge on any atom is 0.219 e. The second-order valence-electron chi connectivity index (χ2n) is 5.65. The summed E-state index contributed by atoms with van der Waals surface area (Å²) in [5.41, 5.74) is -0.141. The van der Waals surface area contributed by atoms with E-state index in [0.717, 1.165) is 6.42 Å². The molecule has 1 rings (SSSR count). The first-order chi connectivity index (χ1) is 6.73. The molecule has 0 aromatic heterocycles. The molecule has 1 unspecified atom stereocenters. The van der Waals surface area contributed by atoms with Crippen LogP contribution in [0, 0.1) is 5.41 Å². The Balaban J connectivity index is 2.94. The van der Waals surface area contributed by atoms with E-state index in [0.29, 0.717) is 6.54 Å². The molecule has 1 amide bonds. The zero-order valence-electron chi connectivity index (χ0n) is 10.8. The van der Waals surface area contributed by atoms with Crippen LogP contribution in [-0.2, 0) is 9.53 Å². The van der Waals surface area contributed by atoms with Gasteiger partial charge in [-0.2, -0.15) is 0 Å². The Bertz CT molecular complexity index is 257. The molecule has 0 radical (unpaired) electrons. The van der Waals surface area contributed by atoms with E-state index in [2.05, 4.69) is 27.7 Å². The number of amides is 1. The fourth-order valence-corrected chi connectivity index (χ4v) is 2.50. The highest BCUT2D eigenvalue weighted by Crippen LogP contribution is 2.43. The fraction of sp³-hybridized carbons (Fsp3) is 0.917. The first-order valence-corrected chi connectivity index (χ1v) is 5.56. The first-order valence-electron chi connectivity index (χ1n) is 5.56. The van der Waals surface area contributed by atoms with Crippen LogP contribution in [0.15, 0.2) is 0 Å². The van der Waals surface area contributed by atoms with E-state index in [1.165, 1.54) is 0 Å². The average molecular weight is 213 g/mol. The molecule has 1 aliphatic heterocycles. The van der Waals surface area contributed by atoms with E-state index in [9.17, 15) is 4.79 Å². The standard InChI is InChI=1S/C12H23NO2/c1-9-7-12(15-6,11(3,4)5)8-13(9)10(2)14/h9H,7-8H2,1-6H3/t9-,12?/m0/s1. The van der Waals surface area contributed by atoms with Crippen molar-refractivity contribution in [1.29, 1.82) is 0 Å². The molecule has 0 spiro atoms. The van der Waals surface area contributed by atoms with Crippen molar-refractivity contribution in [2.75, 3.05) is 13.7 Å². The highest BCUT2D eigenvalue weighted by molar-refractivity contribution is 5.74. The Labute approximate surface area is 92.8 Å². The number of likely N-dealkylation sites (tertiary alicyclic amines) is 1. The first kappa shape index (κ1) is 12.5. The minimum absolute atomic E-state index is 0.0558. The minimum Gasteiger partial charge on any atom is -0.376 e. The summed E-state index contributed by atoms with van der Waals surface area (Å²) in [5.74, 6) is 0.144. The van der Waals surface area contributed by atoms with E-state index >= 15 is 0 Å². The lowest BCUT2D eigenvalue weighted by molar-refractivity contribution is -0.132. The molecule has 15 heavy (non-hydrogen) atoms. The zero-order valence-corrected chi connectivity index (χ0v) is 10.8. The summed E-state index contributed by atoms with van der Waals surface area (Å²) in [6, 6.07) is 0.279. The summed E-state index contributed by atoms with van der Waals surface area (Å²) >= 11 is 0. The number of carbonyl (C=O) groups excluding carboxylic acids is 1. The maximum absolute atomic E-state index is 11.5. The van der Waals surface area contributed by atoms with Crippen molar-refractivity contribution in [2.24, 2.45) is 5.41 Å². The van der Waals surface area contributed by atoms with Crippen LogP contribution < -0.4 is 0 Å². The molecule has 0 aromatic rings. The monoisotopic (exact) mass is 213 g/mol. The van der Waals surface area contributed by atoms with E-state index < -0.39 is 0 Å². The van der Waals surface area contributed by atoms with Crippen molar-refractivity contribution < 1.29 is 9.53 Å². The molecular formula is C12H23NO2. The minimum atomic E-state index is -0.196. The Morgan fingerprint density at radius 3 is 2.20 bits per heavy atom. The topological polar surface area (TPSA) is 29.5 Å². The van der Waals surface area contributed by atoms with E-state index in [1.54, 1.807) is 14.0 Å². The molecule has 0 aromatic carbocycles. The SMILES string of the molecule is COC1(C(C)(C)C)C[C@H](C)N(C(C)=O)C1. The number of hydrogen-bond donors (Lipinski definition) is 0. The smallest absolute Gasteiger partial charge is 0.219 e. The summed E-state index contributed by atoms with van der Waals surface area (Å²) < 4.78 is 5.72. The zero-order chi connectivity index (χ0) is 11.9. The lowest BCUT2D eigenvalue weighted by Gasteiger charge is -2.40. The van der Waals surface area contributed by atoms with Crippen molar-refractivity contribution >= 4 is 5.91 Å². The molecule has 1 aliphatic rings. The average Bonchev–Trinajstić information content (AvgIpc) is 2.42. The second kappa shape index (κ2) is 3.78. The predicted octanol–water partition coefficient (Wildman–Crippen LogP) is 2.06. The van der Waals surface area contributed by atoms with Crippen molar-refractivity contribution in [1.82, 2.24) is 4.90 Å². The third kappa shape index (κ3) is 2.03. The van der Waals surface area contributed by atoms with Crippen LogP contribution in [0.3, 0.4) is 0 Å². The normalized spacial score (nSPS) is 32.1. The van der Waals surface area contributed by atoms with E-state index in [4.69, 9.17) is 4.74 Å². The van der Waals surface area contributed by atoms with Gasteiger partial charge >= 0.3 is 0 Å². The van der Waals surface area contributed by atoms with Crippen molar-refractivity contribution in [3.05, 3.63) is 0 Å². The highest BCUT2D eigenvalue weighted by atomic mass is 16.5. The highest BCUT2D eigenvalue weighted by Gasteiger charge is 2.50. The molecule has 1 heterocycles. The Hall–Kier alpha value is -0.570. The number of methoxy groups -OCH3 is 1. The van der Waals surface area contributed by atoms with Gasteiger partial charge in [-0.3, -0.25) is 4.79 Å². The molecule has 0 bridgehead atoms. The Kier molecular flexibility index (Phi) is 3.15. The number of ether oxygens (including phenoxy) is 1. The van der Waals surface area contributed by atoms with Crippen LogP contribution in [0.25, 0.3) is 0 Å². The Morgan fingerprint density at radius 2 is 2.00 bits per heavy atom. The molecule has 1 saturated heterocycles. The van der Waals surface area contributed by atoms with Gasteiger partial charge < -0.3 is 9.64 Å². The summed E-state index contributed by atoms with van der Waals surface area (Å²) in [6.45, 7) is 11.0. The van der Waals surface area contributed by atoms with Gasteiger partial charge in [0.25, 0.3) is 0 Å². The van der Waals surface area contributed by atoms with Gasteiger partial charge in [0, 0.05) is 20.1 Å². The number of nitrogens with zero attached hydrogens (tertiary/aromatic N) is 1. The lowest BCUT2D eigenvalue weighted by atomic mass is 9.75. The predicted molar refractivity (Wildman–Crippen MR) is 60.7 cm³/mol. The molecule has 3 heteroatoms. The molecule has 0 saturated carbocycles. The molecule has 3 nitrogen and oxygen atoms in total. The third-order valence-corrected chi connectivity index (χ3v) is 3.75. The fourth-order valence-electron chi connectivity index (χ4n) is 2.50. The maximum atomic E-state index is 11.5. The molecule has 88 valence electrons. The number of rotatable bonds is 1. The van der Waals surface area contributed by atoms with Gasteiger partial charge in [0.05, 0.1) is 12.1 Å². The summed E-state index contributed by atoms with van der Waals surface area (Å²) in [5, 5.41) is 0. The van der Waals surface area contributed by atoms with Gasteiger partial charge in [-0.05, 0) is 18.8 Å². The summed E-state index contributed by atoms with van der Waals surface area (Å²) in [7, 11) is 1.75. The summed E-state index contributed by atoms with van der Waals surface area (Å²) in [6.07, 6.45) is 0.923. The van der Waals surface area contributed by atoms with E-state index in [-0.39, 0.29) is 23.0 Å². The van der Waals surface area contributed by atoms with Crippen LogP contribution in [0.5, 0.6) is 0 Å². The number of hydrogen-bond acceptors (Lipinski definition) is 2. The Morgan fingerprint density at radius 1 is 1.47 bits per heavy atom. The largest absolute Gasteiger partial charge is 0.376 e. The van der Waals surface area contributed by atoms with Gasteiger partial charge in [0.1, 0.15) is 0 Å². The van der Waals surface area contributed by atoms with Crippen LogP contribution >= 0.6 is 0 Å². The van der Waals surface area contributed by atoms with Gasteiger partial charge in [0.2, 0.25) is 5.91 Å². The second-order valence-corrected chi connectivity index (χ2v) is 5.65. The lowest BCUT2D eigenvalue weighted by Crippen LogP contribution is -2.47. The van der Waals surface area contributed by atoms with Crippen molar-refractivity contribution in [3.63, 3.8) is 0 Å². The van der Waals surface area contributed by atoms with Gasteiger partial charge in [-0.1, -0.05) is 20.8 Å². The van der Waals surface area contributed by atoms with Crippen molar-refractivity contribution in [3.8, 4) is 0 Å². The molecule has 1 fully saturated rings. The quantitative estimate of drug-likeness (QED) is 0.667. The molecular weight excluding hydrogens is 190 g/mol. The molecule has 0 aliphatic carbocycles. The third-order valence-electron chi connectivity index (χ3n) is 3.75. The summed E-state index contributed by atoms with van der Waals surface area (Å²) in [4.78, 5) is 13.4. The van der Waals surface area contributed by atoms with Crippen LogP contribution in [0.1, 0.15) is 41.0 Å². The van der Waals surface area contributed by atoms with Crippen molar-refractivity contribution in [2.45, 2.75) is 52.7 Å². The van der Waals surface area contributed by atoms with Crippen LogP contribution in [-0.4, -0.2) is 36.1 Å². The van der Waals surface area contributed by atoms with Crippen LogP contribution in [0.4, 0.5) is 0 Å². The van der Waals surface area contributed by atoms with Gasteiger partial charge in [0.15, 0.2) is 0 Å². The van der Waals surface area contributed by atoms with E-state index in [1.807, 2.05) is 4.90 Å².